The Kier molecular flexibility index (Phi) is 3.80. The Balaban J connectivity index is 2.27. The molecule has 0 spiro atoms. The number of H-pyrrole nitrogens is 2. The number of benzene rings is 1. The van der Waals surface area contributed by atoms with Crippen LogP contribution < -0.4 is 11.0 Å². The van der Waals surface area contributed by atoms with E-state index in [2.05, 4.69) is 52.0 Å². The maximum Gasteiger partial charge on any atom is 0.323 e. The molecule has 4 nitrogen and oxygen atoms in total. The van der Waals surface area contributed by atoms with Gasteiger partial charge in [-0.15, -0.1) is 0 Å². The molecule has 2 aromatic rings. The summed E-state index contributed by atoms with van der Waals surface area (Å²) in [7, 11) is 0. The molecule has 18 heavy (non-hydrogen) atoms. The molecule has 0 saturated carbocycles. The van der Waals surface area contributed by atoms with E-state index in [0.717, 1.165) is 27.6 Å². The molecule has 0 fully saturated rings. The summed E-state index contributed by atoms with van der Waals surface area (Å²) in [6.45, 7) is 6.58. The third-order valence-electron chi connectivity index (χ3n) is 2.83. The second kappa shape index (κ2) is 5.18. The van der Waals surface area contributed by atoms with Crippen molar-refractivity contribution in [3.05, 3.63) is 27.1 Å². The second-order valence-corrected chi connectivity index (χ2v) is 5.99. The van der Waals surface area contributed by atoms with Crippen molar-refractivity contribution in [1.82, 2.24) is 9.97 Å². The largest absolute Gasteiger partial charge is 0.382 e. The SMILES string of the molecule is CC(C)CC(C)Nc1cc2[nH]c(=O)[nH]c2cc1Br. The van der Waals surface area contributed by atoms with Gasteiger partial charge in [-0.05, 0) is 47.3 Å². The number of fused-ring (bicyclic) bond motifs is 1. The van der Waals surface area contributed by atoms with E-state index in [9.17, 15) is 4.79 Å². The number of hydrogen-bond acceptors (Lipinski definition) is 2. The van der Waals surface area contributed by atoms with E-state index in [-0.39, 0.29) is 5.69 Å². The monoisotopic (exact) mass is 311 g/mol. The first-order valence-corrected chi connectivity index (χ1v) is 6.93. The zero-order valence-electron chi connectivity index (χ0n) is 10.8. The Labute approximate surface area is 114 Å². The van der Waals surface area contributed by atoms with Crippen LogP contribution in [0.3, 0.4) is 0 Å². The molecule has 3 N–H and O–H groups in total. The quantitative estimate of drug-likeness (QED) is 0.809. The Bertz CT molecular complexity index is 600. The maximum absolute atomic E-state index is 11.2. The summed E-state index contributed by atoms with van der Waals surface area (Å²) in [5, 5.41) is 3.46. The molecule has 1 heterocycles. The fraction of sp³-hybridized carbons (Fsp3) is 0.462. The molecule has 0 saturated heterocycles. The van der Waals surface area contributed by atoms with Gasteiger partial charge in [0.2, 0.25) is 0 Å². The third kappa shape index (κ3) is 2.96. The number of aromatic nitrogens is 2. The van der Waals surface area contributed by atoms with Crippen molar-refractivity contribution >= 4 is 32.7 Å². The molecule has 0 amide bonds. The highest BCUT2D eigenvalue weighted by molar-refractivity contribution is 9.10. The van der Waals surface area contributed by atoms with Crippen LogP contribution in [0.1, 0.15) is 27.2 Å². The van der Waals surface area contributed by atoms with E-state index < -0.39 is 0 Å². The van der Waals surface area contributed by atoms with Crippen molar-refractivity contribution in [3.8, 4) is 0 Å². The molecule has 0 aliphatic carbocycles. The lowest BCUT2D eigenvalue weighted by Gasteiger charge is -2.18. The minimum atomic E-state index is -0.177. The van der Waals surface area contributed by atoms with Crippen LogP contribution in [0.5, 0.6) is 0 Å². The molecule has 1 aromatic heterocycles. The van der Waals surface area contributed by atoms with E-state index in [1.165, 1.54) is 0 Å². The van der Waals surface area contributed by atoms with Gasteiger partial charge in [0.25, 0.3) is 0 Å². The first-order valence-electron chi connectivity index (χ1n) is 6.14. The molecule has 2 rings (SSSR count). The number of anilines is 1. The van der Waals surface area contributed by atoms with Gasteiger partial charge in [0.05, 0.1) is 16.7 Å². The topological polar surface area (TPSA) is 60.7 Å². The summed E-state index contributed by atoms with van der Waals surface area (Å²) < 4.78 is 0.959. The van der Waals surface area contributed by atoms with Crippen LogP contribution in [0.15, 0.2) is 21.4 Å². The molecule has 0 aliphatic rings. The molecule has 0 bridgehead atoms. The van der Waals surface area contributed by atoms with Gasteiger partial charge in [0, 0.05) is 10.5 Å². The van der Waals surface area contributed by atoms with Gasteiger partial charge in [-0.1, -0.05) is 13.8 Å². The molecule has 1 unspecified atom stereocenters. The fourth-order valence-corrected chi connectivity index (χ4v) is 2.66. The lowest BCUT2D eigenvalue weighted by atomic mass is 10.1. The van der Waals surface area contributed by atoms with Crippen molar-refractivity contribution in [2.24, 2.45) is 5.92 Å². The van der Waals surface area contributed by atoms with Gasteiger partial charge >= 0.3 is 5.69 Å². The van der Waals surface area contributed by atoms with Gasteiger partial charge < -0.3 is 15.3 Å². The Hall–Kier alpha value is -1.23. The van der Waals surface area contributed by atoms with Crippen LogP contribution in [0, 0.1) is 5.92 Å². The summed E-state index contributed by atoms with van der Waals surface area (Å²) >= 11 is 3.52. The number of hydrogen-bond donors (Lipinski definition) is 3. The van der Waals surface area contributed by atoms with Crippen molar-refractivity contribution < 1.29 is 0 Å². The van der Waals surface area contributed by atoms with E-state index in [1.807, 2.05) is 12.1 Å². The van der Waals surface area contributed by atoms with E-state index >= 15 is 0 Å². The van der Waals surface area contributed by atoms with Crippen molar-refractivity contribution in [2.75, 3.05) is 5.32 Å². The minimum Gasteiger partial charge on any atom is -0.382 e. The van der Waals surface area contributed by atoms with Crippen LogP contribution in [-0.4, -0.2) is 16.0 Å². The van der Waals surface area contributed by atoms with E-state index in [0.29, 0.717) is 12.0 Å². The zero-order valence-corrected chi connectivity index (χ0v) is 12.4. The normalized spacial score (nSPS) is 13.2. The Morgan fingerprint density at radius 3 is 2.44 bits per heavy atom. The molecular formula is C13H18BrN3O. The summed E-state index contributed by atoms with van der Waals surface area (Å²) in [4.78, 5) is 16.7. The van der Waals surface area contributed by atoms with Gasteiger partial charge in [-0.2, -0.15) is 0 Å². The number of rotatable bonds is 4. The Morgan fingerprint density at radius 1 is 1.22 bits per heavy atom. The number of nitrogens with one attached hydrogen (secondary N) is 3. The van der Waals surface area contributed by atoms with Crippen LogP contribution in [0.4, 0.5) is 5.69 Å². The minimum absolute atomic E-state index is 0.177. The summed E-state index contributed by atoms with van der Waals surface area (Å²) in [6, 6.07) is 4.26. The van der Waals surface area contributed by atoms with E-state index in [1.54, 1.807) is 0 Å². The second-order valence-electron chi connectivity index (χ2n) is 5.13. The molecule has 0 aliphatic heterocycles. The standard InChI is InChI=1S/C13H18BrN3O/c1-7(2)4-8(3)15-10-6-12-11(5-9(10)14)16-13(18)17-12/h5-8,15H,4H2,1-3H3,(H2,16,17,18). The predicted octanol–water partition coefficient (Wildman–Crippen LogP) is 3.47. The summed E-state index contributed by atoms with van der Waals surface area (Å²) in [6.07, 6.45) is 1.11. The maximum atomic E-state index is 11.2. The first kappa shape index (κ1) is 13.2. The van der Waals surface area contributed by atoms with Gasteiger partial charge in [0.15, 0.2) is 0 Å². The molecule has 5 heteroatoms. The smallest absolute Gasteiger partial charge is 0.323 e. The molecule has 0 radical (unpaired) electrons. The van der Waals surface area contributed by atoms with Gasteiger partial charge in [0.1, 0.15) is 0 Å². The average Bonchev–Trinajstić information content (AvgIpc) is 2.56. The molecule has 1 aromatic carbocycles. The van der Waals surface area contributed by atoms with E-state index in [4.69, 9.17) is 0 Å². The highest BCUT2D eigenvalue weighted by atomic mass is 79.9. The number of aromatic amines is 2. The lowest BCUT2D eigenvalue weighted by molar-refractivity contribution is 0.539. The highest BCUT2D eigenvalue weighted by Gasteiger charge is 2.09. The van der Waals surface area contributed by atoms with Gasteiger partial charge in [-0.3, -0.25) is 0 Å². The predicted molar refractivity (Wildman–Crippen MR) is 79.2 cm³/mol. The van der Waals surface area contributed by atoms with Crippen molar-refractivity contribution in [1.29, 1.82) is 0 Å². The summed E-state index contributed by atoms with van der Waals surface area (Å²) in [5.41, 5.74) is 2.46. The first-order chi connectivity index (χ1) is 8.45. The van der Waals surface area contributed by atoms with Crippen molar-refractivity contribution in [3.63, 3.8) is 0 Å². The van der Waals surface area contributed by atoms with Crippen LogP contribution in [-0.2, 0) is 0 Å². The van der Waals surface area contributed by atoms with Gasteiger partial charge in [-0.25, -0.2) is 4.79 Å². The molecule has 98 valence electrons. The average molecular weight is 312 g/mol. The van der Waals surface area contributed by atoms with Crippen LogP contribution >= 0.6 is 15.9 Å². The highest BCUT2D eigenvalue weighted by Crippen LogP contribution is 2.27. The van der Waals surface area contributed by atoms with Crippen molar-refractivity contribution in [2.45, 2.75) is 33.2 Å². The fourth-order valence-electron chi connectivity index (χ4n) is 2.20. The zero-order chi connectivity index (χ0) is 13.3. The Morgan fingerprint density at radius 2 is 1.83 bits per heavy atom. The van der Waals surface area contributed by atoms with Crippen LogP contribution in [0.2, 0.25) is 0 Å². The summed E-state index contributed by atoms with van der Waals surface area (Å²) in [5.74, 6) is 0.655. The third-order valence-corrected chi connectivity index (χ3v) is 3.49. The number of imidazole rings is 1. The van der Waals surface area contributed by atoms with Crippen LogP contribution in [0.25, 0.3) is 11.0 Å². The molecule has 1 atom stereocenters. The lowest BCUT2D eigenvalue weighted by Crippen LogP contribution is -2.17. The number of halogens is 1. The molecular weight excluding hydrogens is 294 g/mol.